The molecule has 2 N–H and O–H groups in total. The summed E-state index contributed by atoms with van der Waals surface area (Å²) in [5.74, 6) is 0. The molecule has 1 aromatic heterocycles. The standard InChI is InChI=1S/C18H29N3O2/c1-18(2,3)23-17(22)21-16-11-6-4-5-10-15(16)20-13-14-9-7-8-12-19-14/h7-9,12,15-16,20H,4-6,10-11,13H2,1-3H3,(H,21,22). The molecule has 5 heteroatoms. The van der Waals surface area contributed by atoms with E-state index in [9.17, 15) is 4.79 Å². The van der Waals surface area contributed by atoms with Crippen molar-refractivity contribution in [1.29, 1.82) is 0 Å². The van der Waals surface area contributed by atoms with E-state index in [1.165, 1.54) is 12.8 Å². The van der Waals surface area contributed by atoms with Gasteiger partial charge in [-0.2, -0.15) is 0 Å². The summed E-state index contributed by atoms with van der Waals surface area (Å²) < 4.78 is 5.40. The Morgan fingerprint density at radius 3 is 2.61 bits per heavy atom. The van der Waals surface area contributed by atoms with Gasteiger partial charge in [-0.25, -0.2) is 4.79 Å². The fourth-order valence-corrected chi connectivity index (χ4v) is 2.92. The summed E-state index contributed by atoms with van der Waals surface area (Å²) in [7, 11) is 0. The van der Waals surface area contributed by atoms with E-state index in [1.54, 1.807) is 6.20 Å². The van der Waals surface area contributed by atoms with Crippen LogP contribution in [-0.4, -0.2) is 28.8 Å². The maximum Gasteiger partial charge on any atom is 0.407 e. The molecule has 0 spiro atoms. The average Bonchev–Trinajstić information content (AvgIpc) is 2.69. The van der Waals surface area contributed by atoms with Crippen molar-refractivity contribution in [2.75, 3.05) is 0 Å². The molecule has 0 radical (unpaired) electrons. The number of carbonyl (C=O) groups excluding carboxylic acids is 1. The molecule has 1 amide bonds. The lowest BCUT2D eigenvalue weighted by molar-refractivity contribution is 0.0489. The van der Waals surface area contributed by atoms with Gasteiger partial charge in [-0.15, -0.1) is 0 Å². The Balaban J connectivity index is 1.92. The van der Waals surface area contributed by atoms with Crippen LogP contribution in [0.15, 0.2) is 24.4 Å². The molecule has 1 saturated carbocycles. The summed E-state index contributed by atoms with van der Waals surface area (Å²) >= 11 is 0. The molecular formula is C18H29N3O2. The highest BCUT2D eigenvalue weighted by atomic mass is 16.6. The Labute approximate surface area is 139 Å². The number of carbonyl (C=O) groups is 1. The van der Waals surface area contributed by atoms with Crippen molar-refractivity contribution in [1.82, 2.24) is 15.6 Å². The summed E-state index contributed by atoms with van der Waals surface area (Å²) in [5.41, 5.74) is 0.555. The minimum atomic E-state index is -0.467. The number of rotatable bonds is 4. The highest BCUT2D eigenvalue weighted by Gasteiger charge is 2.27. The number of hydrogen-bond acceptors (Lipinski definition) is 4. The Kier molecular flexibility index (Phi) is 6.39. The summed E-state index contributed by atoms with van der Waals surface area (Å²) in [6, 6.07) is 6.29. The van der Waals surface area contributed by atoms with Crippen molar-refractivity contribution in [2.45, 2.75) is 77.1 Å². The van der Waals surface area contributed by atoms with Gasteiger partial charge in [0.1, 0.15) is 5.60 Å². The molecule has 0 bridgehead atoms. The summed E-state index contributed by atoms with van der Waals surface area (Å²) in [4.78, 5) is 16.4. The number of alkyl carbamates (subject to hydrolysis) is 1. The number of amides is 1. The lowest BCUT2D eigenvalue weighted by Crippen LogP contribution is -2.50. The van der Waals surface area contributed by atoms with E-state index >= 15 is 0 Å². The molecule has 0 aliphatic heterocycles. The minimum absolute atomic E-state index is 0.107. The SMILES string of the molecule is CC(C)(C)OC(=O)NC1CCCCCC1NCc1ccccn1. The maximum absolute atomic E-state index is 12.1. The Morgan fingerprint density at radius 1 is 1.22 bits per heavy atom. The predicted molar refractivity (Wildman–Crippen MR) is 91.1 cm³/mol. The van der Waals surface area contributed by atoms with Crippen LogP contribution in [0.1, 0.15) is 58.6 Å². The van der Waals surface area contributed by atoms with Gasteiger partial charge < -0.3 is 15.4 Å². The molecule has 128 valence electrons. The number of pyridine rings is 1. The zero-order valence-electron chi connectivity index (χ0n) is 14.5. The number of ether oxygens (including phenoxy) is 1. The molecule has 1 fully saturated rings. The first-order valence-corrected chi connectivity index (χ1v) is 8.57. The van der Waals surface area contributed by atoms with Gasteiger partial charge in [-0.3, -0.25) is 4.98 Å². The van der Waals surface area contributed by atoms with Gasteiger partial charge in [0.05, 0.1) is 5.69 Å². The van der Waals surface area contributed by atoms with Gasteiger partial charge in [0.25, 0.3) is 0 Å². The molecule has 0 aromatic carbocycles. The van der Waals surface area contributed by atoms with E-state index in [4.69, 9.17) is 4.74 Å². The topological polar surface area (TPSA) is 63.2 Å². The zero-order valence-corrected chi connectivity index (χ0v) is 14.5. The van der Waals surface area contributed by atoms with Gasteiger partial charge >= 0.3 is 6.09 Å². The van der Waals surface area contributed by atoms with Crippen LogP contribution in [0, 0.1) is 0 Å². The highest BCUT2D eigenvalue weighted by molar-refractivity contribution is 5.68. The van der Waals surface area contributed by atoms with Crippen molar-refractivity contribution in [3.05, 3.63) is 30.1 Å². The van der Waals surface area contributed by atoms with E-state index in [2.05, 4.69) is 15.6 Å². The fourth-order valence-electron chi connectivity index (χ4n) is 2.92. The van der Waals surface area contributed by atoms with Crippen LogP contribution in [0.4, 0.5) is 4.79 Å². The molecular weight excluding hydrogens is 290 g/mol. The van der Waals surface area contributed by atoms with Crippen LogP contribution < -0.4 is 10.6 Å². The molecule has 1 heterocycles. The predicted octanol–water partition coefficient (Wildman–Crippen LogP) is 3.40. The lowest BCUT2D eigenvalue weighted by atomic mass is 10.0. The van der Waals surface area contributed by atoms with Crippen molar-refractivity contribution < 1.29 is 9.53 Å². The van der Waals surface area contributed by atoms with E-state index < -0.39 is 5.60 Å². The zero-order chi connectivity index (χ0) is 16.7. The Bertz CT molecular complexity index is 485. The summed E-state index contributed by atoms with van der Waals surface area (Å²) in [6.45, 7) is 6.38. The van der Waals surface area contributed by atoms with Gasteiger partial charge in [-0.1, -0.05) is 25.3 Å². The third-order valence-corrected chi connectivity index (χ3v) is 3.99. The average molecular weight is 319 g/mol. The van der Waals surface area contributed by atoms with Crippen LogP contribution in [0.25, 0.3) is 0 Å². The quantitative estimate of drug-likeness (QED) is 0.835. The van der Waals surface area contributed by atoms with Gasteiger partial charge in [0.2, 0.25) is 0 Å². The van der Waals surface area contributed by atoms with E-state index in [0.29, 0.717) is 0 Å². The molecule has 2 unspecified atom stereocenters. The second-order valence-electron chi connectivity index (χ2n) is 7.20. The molecule has 1 aromatic rings. The molecule has 2 atom stereocenters. The lowest BCUT2D eigenvalue weighted by Gasteiger charge is -2.28. The maximum atomic E-state index is 12.1. The van der Waals surface area contributed by atoms with E-state index in [1.807, 2.05) is 39.0 Å². The van der Waals surface area contributed by atoms with Crippen LogP contribution in [0.3, 0.4) is 0 Å². The monoisotopic (exact) mass is 319 g/mol. The molecule has 5 nitrogen and oxygen atoms in total. The molecule has 1 aliphatic carbocycles. The van der Waals surface area contributed by atoms with Gasteiger partial charge in [0, 0.05) is 24.8 Å². The summed E-state index contributed by atoms with van der Waals surface area (Å²) in [6.07, 6.45) is 7.07. The number of hydrogen-bond donors (Lipinski definition) is 2. The highest BCUT2D eigenvalue weighted by Crippen LogP contribution is 2.19. The Morgan fingerprint density at radius 2 is 1.96 bits per heavy atom. The van der Waals surface area contributed by atoms with E-state index in [-0.39, 0.29) is 18.2 Å². The van der Waals surface area contributed by atoms with Crippen LogP contribution in [0.5, 0.6) is 0 Å². The van der Waals surface area contributed by atoms with Crippen molar-refractivity contribution in [3.63, 3.8) is 0 Å². The van der Waals surface area contributed by atoms with Crippen molar-refractivity contribution in [3.8, 4) is 0 Å². The number of nitrogens with zero attached hydrogens (tertiary/aromatic N) is 1. The van der Waals surface area contributed by atoms with E-state index in [0.717, 1.165) is 31.5 Å². The van der Waals surface area contributed by atoms with Crippen LogP contribution in [-0.2, 0) is 11.3 Å². The second kappa shape index (κ2) is 8.29. The third-order valence-electron chi connectivity index (χ3n) is 3.99. The number of nitrogens with one attached hydrogen (secondary N) is 2. The first-order valence-electron chi connectivity index (χ1n) is 8.57. The van der Waals surface area contributed by atoms with Crippen molar-refractivity contribution in [2.24, 2.45) is 0 Å². The second-order valence-corrected chi connectivity index (χ2v) is 7.20. The largest absolute Gasteiger partial charge is 0.444 e. The molecule has 23 heavy (non-hydrogen) atoms. The smallest absolute Gasteiger partial charge is 0.407 e. The molecule has 0 saturated heterocycles. The third kappa shape index (κ3) is 6.57. The first-order chi connectivity index (χ1) is 10.9. The minimum Gasteiger partial charge on any atom is -0.444 e. The normalized spacial score (nSPS) is 22.2. The van der Waals surface area contributed by atoms with Crippen LogP contribution >= 0.6 is 0 Å². The fraction of sp³-hybridized carbons (Fsp3) is 0.667. The first kappa shape index (κ1) is 17.7. The van der Waals surface area contributed by atoms with Crippen molar-refractivity contribution >= 4 is 6.09 Å². The Hall–Kier alpha value is -1.62. The van der Waals surface area contributed by atoms with Gasteiger partial charge in [0.15, 0.2) is 0 Å². The molecule has 1 aliphatic rings. The number of aromatic nitrogens is 1. The molecule has 2 rings (SSSR count). The summed E-state index contributed by atoms with van der Waals surface area (Å²) in [5, 5.41) is 6.62. The van der Waals surface area contributed by atoms with Gasteiger partial charge in [-0.05, 0) is 45.7 Å². The van der Waals surface area contributed by atoms with Crippen LogP contribution in [0.2, 0.25) is 0 Å².